The van der Waals surface area contributed by atoms with Gasteiger partial charge in [-0.1, -0.05) is 73.5 Å². The van der Waals surface area contributed by atoms with Crippen molar-refractivity contribution in [2.75, 3.05) is 12.4 Å². The summed E-state index contributed by atoms with van der Waals surface area (Å²) in [7, 11) is 1.63. The maximum atomic E-state index is 13.2. The molecule has 1 N–H and O–H groups in total. The summed E-state index contributed by atoms with van der Waals surface area (Å²) >= 11 is 0. The van der Waals surface area contributed by atoms with Crippen LogP contribution in [0.25, 0.3) is 0 Å². The second-order valence-electron chi connectivity index (χ2n) is 7.97. The zero-order chi connectivity index (χ0) is 21.9. The highest BCUT2D eigenvalue weighted by Gasteiger charge is 2.27. The van der Waals surface area contributed by atoms with Gasteiger partial charge in [-0.25, -0.2) is 4.79 Å². The van der Waals surface area contributed by atoms with E-state index in [0.29, 0.717) is 6.42 Å². The third kappa shape index (κ3) is 6.99. The Balaban J connectivity index is 1.73. The van der Waals surface area contributed by atoms with Crippen LogP contribution in [0.3, 0.4) is 0 Å². The normalized spacial score (nSPS) is 18.7. The van der Waals surface area contributed by atoms with Crippen molar-refractivity contribution in [1.29, 1.82) is 0 Å². The molecule has 1 heterocycles. The van der Waals surface area contributed by atoms with E-state index in [9.17, 15) is 9.59 Å². The van der Waals surface area contributed by atoms with E-state index in [4.69, 9.17) is 4.74 Å². The number of likely N-dealkylation sites (N-methyl/N-ethyl adjacent to an activating group) is 1. The SMILES string of the molecule is CN(C(=O)OCc1ccccc1)[C@H]1C/C=C/CCCCCCc2ccccc2NC1=O. The number of aryl methyl sites for hydroxylation is 1. The van der Waals surface area contributed by atoms with Gasteiger partial charge in [0.25, 0.3) is 0 Å². The van der Waals surface area contributed by atoms with E-state index in [1.165, 1.54) is 17.7 Å². The first kappa shape index (κ1) is 22.6. The summed E-state index contributed by atoms with van der Waals surface area (Å²) in [5.74, 6) is -0.201. The molecule has 2 aromatic carbocycles. The van der Waals surface area contributed by atoms with Crippen LogP contribution < -0.4 is 5.32 Å². The lowest BCUT2D eigenvalue weighted by molar-refractivity contribution is -0.120. The topological polar surface area (TPSA) is 58.6 Å². The highest BCUT2D eigenvalue weighted by Crippen LogP contribution is 2.20. The Morgan fingerprint density at radius 1 is 1.00 bits per heavy atom. The van der Waals surface area contributed by atoms with Crippen molar-refractivity contribution in [3.63, 3.8) is 0 Å². The van der Waals surface area contributed by atoms with E-state index in [1.807, 2.05) is 54.6 Å². The van der Waals surface area contributed by atoms with E-state index < -0.39 is 12.1 Å². The van der Waals surface area contributed by atoms with Crippen LogP contribution in [-0.2, 0) is 22.6 Å². The fourth-order valence-electron chi connectivity index (χ4n) is 3.74. The molecule has 5 heteroatoms. The van der Waals surface area contributed by atoms with Gasteiger partial charge in [0.15, 0.2) is 0 Å². The number of nitrogens with one attached hydrogen (secondary N) is 1. The average molecular weight is 421 g/mol. The lowest BCUT2D eigenvalue weighted by atomic mass is 10.0. The van der Waals surface area contributed by atoms with Crippen molar-refractivity contribution in [3.05, 3.63) is 77.9 Å². The molecule has 3 rings (SSSR count). The average Bonchev–Trinajstić information content (AvgIpc) is 2.79. The van der Waals surface area contributed by atoms with Crippen LogP contribution in [0.2, 0.25) is 0 Å². The van der Waals surface area contributed by atoms with Gasteiger partial charge in [0, 0.05) is 12.7 Å². The summed E-state index contributed by atoms with van der Waals surface area (Å²) < 4.78 is 5.45. The largest absolute Gasteiger partial charge is 0.445 e. The Hall–Kier alpha value is -3.08. The number of amides is 2. The fourth-order valence-corrected chi connectivity index (χ4v) is 3.74. The second kappa shape index (κ2) is 11.9. The van der Waals surface area contributed by atoms with Crippen LogP contribution in [0.15, 0.2) is 66.7 Å². The summed E-state index contributed by atoms with van der Waals surface area (Å²) in [6.07, 6.45) is 10.6. The predicted molar refractivity (Wildman–Crippen MR) is 124 cm³/mol. The summed E-state index contributed by atoms with van der Waals surface area (Å²) in [6.45, 7) is 0.178. The third-order valence-corrected chi connectivity index (χ3v) is 5.63. The number of anilines is 1. The van der Waals surface area contributed by atoms with Crippen molar-refractivity contribution < 1.29 is 14.3 Å². The van der Waals surface area contributed by atoms with E-state index in [1.54, 1.807) is 7.05 Å². The molecular formula is C26H32N2O3. The maximum Gasteiger partial charge on any atom is 0.410 e. The Morgan fingerprint density at radius 2 is 1.74 bits per heavy atom. The van der Waals surface area contributed by atoms with Gasteiger partial charge < -0.3 is 10.1 Å². The van der Waals surface area contributed by atoms with Crippen molar-refractivity contribution >= 4 is 17.7 Å². The van der Waals surface area contributed by atoms with Gasteiger partial charge in [-0.15, -0.1) is 0 Å². The number of fused-ring (bicyclic) bond motifs is 1. The Bertz CT molecular complexity index is 879. The van der Waals surface area contributed by atoms with Crippen molar-refractivity contribution in [2.24, 2.45) is 0 Å². The smallest absolute Gasteiger partial charge is 0.410 e. The number of benzene rings is 2. The lowest BCUT2D eigenvalue weighted by Gasteiger charge is -2.26. The Kier molecular flexibility index (Phi) is 8.71. The molecule has 2 amide bonds. The summed E-state index contributed by atoms with van der Waals surface area (Å²) in [5, 5.41) is 3.05. The first-order valence-electron chi connectivity index (χ1n) is 11.1. The number of allylic oxidation sites excluding steroid dienone is 1. The number of hydrogen-bond acceptors (Lipinski definition) is 3. The van der Waals surface area contributed by atoms with Gasteiger partial charge in [-0.05, 0) is 49.3 Å². The van der Waals surface area contributed by atoms with Crippen LogP contribution in [0.5, 0.6) is 0 Å². The van der Waals surface area contributed by atoms with Crippen LogP contribution >= 0.6 is 0 Å². The lowest BCUT2D eigenvalue weighted by Crippen LogP contribution is -2.45. The van der Waals surface area contributed by atoms with Gasteiger partial charge >= 0.3 is 6.09 Å². The fraction of sp³-hybridized carbons (Fsp3) is 0.385. The molecule has 1 atom stereocenters. The molecule has 0 saturated heterocycles. The number of nitrogens with zero attached hydrogens (tertiary/aromatic N) is 1. The molecule has 0 fully saturated rings. The summed E-state index contributed by atoms with van der Waals surface area (Å²) in [4.78, 5) is 27.3. The minimum atomic E-state index is -0.643. The van der Waals surface area contributed by atoms with E-state index >= 15 is 0 Å². The van der Waals surface area contributed by atoms with Crippen molar-refractivity contribution in [1.82, 2.24) is 4.90 Å². The number of ether oxygens (including phenoxy) is 1. The molecule has 0 bridgehead atoms. The number of rotatable bonds is 3. The molecule has 0 aromatic heterocycles. The van der Waals surface area contributed by atoms with E-state index in [-0.39, 0.29) is 12.5 Å². The highest BCUT2D eigenvalue weighted by atomic mass is 16.6. The molecule has 0 spiro atoms. The quantitative estimate of drug-likeness (QED) is 0.647. The molecule has 164 valence electrons. The van der Waals surface area contributed by atoms with Gasteiger partial charge in [-0.2, -0.15) is 0 Å². The molecule has 2 aromatic rings. The van der Waals surface area contributed by atoms with Crippen LogP contribution in [0.4, 0.5) is 10.5 Å². The zero-order valence-electron chi connectivity index (χ0n) is 18.3. The molecule has 1 aliphatic heterocycles. The molecule has 0 unspecified atom stereocenters. The standard InChI is InChI=1S/C26H32N2O3/c1-28(26(30)31-20-21-14-8-7-9-15-21)24-19-11-6-4-2-3-5-10-16-22-17-12-13-18-23(22)27-25(24)29/h6-9,11-15,17-18,24H,2-5,10,16,19-20H2,1H3,(H,27,29)/b11-6+/t24-/m0/s1. The molecule has 31 heavy (non-hydrogen) atoms. The van der Waals surface area contributed by atoms with Crippen LogP contribution in [0, 0.1) is 0 Å². The number of para-hydroxylation sites is 1. The van der Waals surface area contributed by atoms with Crippen LogP contribution in [0.1, 0.15) is 49.7 Å². The highest BCUT2D eigenvalue weighted by molar-refractivity contribution is 5.97. The molecule has 5 nitrogen and oxygen atoms in total. The first-order valence-corrected chi connectivity index (χ1v) is 11.1. The monoisotopic (exact) mass is 420 g/mol. The number of carbonyl (C=O) groups is 2. The number of hydrogen-bond donors (Lipinski definition) is 1. The Morgan fingerprint density at radius 3 is 2.58 bits per heavy atom. The van der Waals surface area contributed by atoms with Crippen LogP contribution in [-0.4, -0.2) is 30.0 Å². The summed E-state index contributed by atoms with van der Waals surface area (Å²) in [5.41, 5.74) is 2.87. The van der Waals surface area contributed by atoms with Crippen molar-refractivity contribution in [2.45, 2.75) is 57.6 Å². The minimum absolute atomic E-state index is 0.178. The zero-order valence-corrected chi connectivity index (χ0v) is 18.3. The number of carbonyl (C=O) groups excluding carboxylic acids is 2. The first-order chi connectivity index (χ1) is 15.1. The minimum Gasteiger partial charge on any atom is -0.445 e. The molecule has 0 aliphatic carbocycles. The second-order valence-corrected chi connectivity index (χ2v) is 7.97. The van der Waals surface area contributed by atoms with Gasteiger partial charge in [0.2, 0.25) is 5.91 Å². The molecule has 0 saturated carbocycles. The van der Waals surface area contributed by atoms with Gasteiger partial charge in [-0.3, -0.25) is 9.69 Å². The van der Waals surface area contributed by atoms with Crippen molar-refractivity contribution in [3.8, 4) is 0 Å². The predicted octanol–water partition coefficient (Wildman–Crippen LogP) is 5.72. The maximum absolute atomic E-state index is 13.2. The van der Waals surface area contributed by atoms with E-state index in [2.05, 4.69) is 17.5 Å². The van der Waals surface area contributed by atoms with E-state index in [0.717, 1.165) is 42.5 Å². The molecule has 0 radical (unpaired) electrons. The summed E-state index contributed by atoms with van der Waals surface area (Å²) in [6, 6.07) is 16.8. The van der Waals surface area contributed by atoms with Gasteiger partial charge in [0.05, 0.1) is 0 Å². The van der Waals surface area contributed by atoms with Gasteiger partial charge in [0.1, 0.15) is 12.6 Å². The molecule has 1 aliphatic rings. The molecular weight excluding hydrogens is 388 g/mol. The Labute approximate surface area is 185 Å². The third-order valence-electron chi connectivity index (χ3n) is 5.63.